The van der Waals surface area contributed by atoms with Crippen molar-refractivity contribution in [1.29, 1.82) is 0 Å². The summed E-state index contributed by atoms with van der Waals surface area (Å²) in [7, 11) is 1.65. The van der Waals surface area contributed by atoms with E-state index in [1.54, 1.807) is 11.9 Å². The van der Waals surface area contributed by atoms with E-state index >= 15 is 0 Å². The Morgan fingerprint density at radius 1 is 1.44 bits per heavy atom. The minimum absolute atomic E-state index is 0.0286. The van der Waals surface area contributed by atoms with Crippen molar-refractivity contribution in [2.45, 2.75) is 12.5 Å². The van der Waals surface area contributed by atoms with Gasteiger partial charge in [-0.2, -0.15) is 0 Å². The van der Waals surface area contributed by atoms with E-state index in [9.17, 15) is 4.79 Å². The largest absolute Gasteiger partial charge is 0.489 e. The summed E-state index contributed by atoms with van der Waals surface area (Å²) in [6, 6.07) is 9.68. The minimum atomic E-state index is -0.0286. The number of amides is 2. The number of hydrogen-bond donors (Lipinski definition) is 1. The number of likely N-dealkylation sites (tertiary alicyclic amines) is 1. The van der Waals surface area contributed by atoms with Crippen molar-refractivity contribution in [2.75, 3.05) is 20.1 Å². The fourth-order valence-corrected chi connectivity index (χ4v) is 1.86. The molecule has 0 spiro atoms. The van der Waals surface area contributed by atoms with Gasteiger partial charge in [-0.05, 0) is 12.1 Å². The smallest absolute Gasteiger partial charge is 0.317 e. The van der Waals surface area contributed by atoms with Crippen LogP contribution in [0.15, 0.2) is 30.3 Å². The van der Waals surface area contributed by atoms with E-state index in [4.69, 9.17) is 4.74 Å². The Bertz CT molecular complexity index is 353. The molecule has 1 N–H and O–H groups in total. The van der Waals surface area contributed by atoms with Crippen molar-refractivity contribution in [1.82, 2.24) is 10.2 Å². The van der Waals surface area contributed by atoms with Crippen molar-refractivity contribution in [3.8, 4) is 5.75 Å². The van der Waals surface area contributed by atoms with Crippen LogP contribution in [0, 0.1) is 0 Å². The standard InChI is InChI=1S/C12H16N2O2/c1-13-12(15)14-8-7-11(9-14)16-10-5-3-2-4-6-10/h2-6,11H,7-9H2,1H3,(H,13,15). The van der Waals surface area contributed by atoms with Crippen LogP contribution in [-0.4, -0.2) is 37.2 Å². The molecule has 1 heterocycles. The molecule has 86 valence electrons. The highest BCUT2D eigenvalue weighted by Crippen LogP contribution is 2.17. The predicted octanol–water partition coefficient (Wildman–Crippen LogP) is 1.48. The van der Waals surface area contributed by atoms with Crippen molar-refractivity contribution in [2.24, 2.45) is 0 Å². The van der Waals surface area contributed by atoms with Crippen LogP contribution in [0.5, 0.6) is 5.75 Å². The third-order valence-electron chi connectivity index (χ3n) is 2.69. The average Bonchev–Trinajstić information content (AvgIpc) is 2.78. The van der Waals surface area contributed by atoms with E-state index in [-0.39, 0.29) is 12.1 Å². The molecule has 4 nitrogen and oxygen atoms in total. The lowest BCUT2D eigenvalue weighted by atomic mass is 10.3. The lowest BCUT2D eigenvalue weighted by Gasteiger charge is -2.16. The highest BCUT2D eigenvalue weighted by Gasteiger charge is 2.26. The first-order valence-corrected chi connectivity index (χ1v) is 5.48. The van der Waals surface area contributed by atoms with Crippen LogP contribution in [0.4, 0.5) is 4.79 Å². The Morgan fingerprint density at radius 2 is 2.19 bits per heavy atom. The summed E-state index contributed by atoms with van der Waals surface area (Å²) < 4.78 is 5.78. The van der Waals surface area contributed by atoms with Crippen LogP contribution >= 0.6 is 0 Å². The summed E-state index contributed by atoms with van der Waals surface area (Å²) in [6.07, 6.45) is 1.00. The third-order valence-corrected chi connectivity index (χ3v) is 2.69. The Labute approximate surface area is 95.2 Å². The molecule has 1 unspecified atom stereocenters. The summed E-state index contributed by atoms with van der Waals surface area (Å²) in [4.78, 5) is 13.1. The maximum absolute atomic E-state index is 11.4. The second kappa shape index (κ2) is 4.88. The molecular formula is C12H16N2O2. The van der Waals surface area contributed by atoms with Gasteiger partial charge in [0.1, 0.15) is 11.9 Å². The van der Waals surface area contributed by atoms with Gasteiger partial charge < -0.3 is 15.0 Å². The van der Waals surface area contributed by atoms with Crippen LogP contribution < -0.4 is 10.1 Å². The predicted molar refractivity (Wildman–Crippen MR) is 61.5 cm³/mol. The highest BCUT2D eigenvalue weighted by molar-refractivity contribution is 5.74. The molecule has 1 atom stereocenters. The van der Waals surface area contributed by atoms with Crippen LogP contribution in [0.1, 0.15) is 6.42 Å². The Morgan fingerprint density at radius 3 is 2.88 bits per heavy atom. The SMILES string of the molecule is CNC(=O)N1CCC(Oc2ccccc2)C1. The molecule has 0 radical (unpaired) electrons. The van der Waals surface area contributed by atoms with Gasteiger partial charge >= 0.3 is 6.03 Å². The number of nitrogens with one attached hydrogen (secondary N) is 1. The number of benzene rings is 1. The summed E-state index contributed by atoms with van der Waals surface area (Å²) in [5.41, 5.74) is 0. The van der Waals surface area contributed by atoms with Crippen LogP contribution in [0.2, 0.25) is 0 Å². The molecule has 0 aromatic heterocycles. The van der Waals surface area contributed by atoms with E-state index in [1.165, 1.54) is 0 Å². The second-order valence-electron chi connectivity index (χ2n) is 3.84. The minimum Gasteiger partial charge on any atom is -0.489 e. The molecule has 1 aliphatic rings. The van der Waals surface area contributed by atoms with Crippen LogP contribution in [-0.2, 0) is 0 Å². The number of hydrogen-bond acceptors (Lipinski definition) is 2. The van der Waals surface area contributed by atoms with Gasteiger partial charge in [0.2, 0.25) is 0 Å². The first-order chi connectivity index (χ1) is 7.79. The van der Waals surface area contributed by atoms with E-state index in [1.807, 2.05) is 30.3 Å². The first-order valence-electron chi connectivity index (χ1n) is 5.48. The molecular weight excluding hydrogens is 204 g/mol. The molecule has 4 heteroatoms. The van der Waals surface area contributed by atoms with E-state index in [0.29, 0.717) is 6.54 Å². The molecule has 1 aromatic carbocycles. The maximum atomic E-state index is 11.4. The Hall–Kier alpha value is -1.71. The molecule has 2 amide bonds. The summed E-state index contributed by atoms with van der Waals surface area (Å²) in [6.45, 7) is 1.42. The molecule has 1 fully saturated rings. The van der Waals surface area contributed by atoms with Gasteiger partial charge in [-0.1, -0.05) is 18.2 Å². The zero-order chi connectivity index (χ0) is 11.4. The molecule has 1 saturated heterocycles. The summed E-state index contributed by atoms with van der Waals surface area (Å²) in [5.74, 6) is 0.867. The van der Waals surface area contributed by atoms with E-state index in [0.717, 1.165) is 18.7 Å². The van der Waals surface area contributed by atoms with Crippen molar-refractivity contribution < 1.29 is 9.53 Å². The first kappa shape index (κ1) is 10.8. The van der Waals surface area contributed by atoms with Gasteiger partial charge in [0, 0.05) is 20.0 Å². The number of nitrogens with zero attached hydrogens (tertiary/aromatic N) is 1. The number of rotatable bonds is 2. The number of carbonyl (C=O) groups excluding carboxylic acids is 1. The van der Waals surface area contributed by atoms with Gasteiger partial charge in [0.15, 0.2) is 0 Å². The molecule has 0 aliphatic carbocycles. The van der Waals surface area contributed by atoms with Gasteiger partial charge in [0.25, 0.3) is 0 Å². The topological polar surface area (TPSA) is 41.6 Å². The third kappa shape index (κ3) is 2.45. The molecule has 1 aromatic rings. The van der Waals surface area contributed by atoms with Gasteiger partial charge in [-0.3, -0.25) is 0 Å². The van der Waals surface area contributed by atoms with Crippen molar-refractivity contribution >= 4 is 6.03 Å². The molecule has 0 bridgehead atoms. The highest BCUT2D eigenvalue weighted by atomic mass is 16.5. The molecule has 1 aliphatic heterocycles. The monoisotopic (exact) mass is 220 g/mol. The van der Waals surface area contributed by atoms with E-state index in [2.05, 4.69) is 5.32 Å². The molecule has 16 heavy (non-hydrogen) atoms. The van der Waals surface area contributed by atoms with Gasteiger partial charge in [-0.15, -0.1) is 0 Å². The Balaban J connectivity index is 1.88. The fraction of sp³-hybridized carbons (Fsp3) is 0.417. The lowest BCUT2D eigenvalue weighted by Crippen LogP contribution is -2.37. The Kier molecular flexibility index (Phi) is 3.29. The average molecular weight is 220 g/mol. The number of carbonyl (C=O) groups is 1. The van der Waals surface area contributed by atoms with Crippen molar-refractivity contribution in [3.63, 3.8) is 0 Å². The number of para-hydroxylation sites is 1. The normalized spacial score (nSPS) is 19.6. The molecule has 2 rings (SSSR count). The molecule has 0 saturated carbocycles. The van der Waals surface area contributed by atoms with E-state index < -0.39 is 0 Å². The lowest BCUT2D eigenvalue weighted by molar-refractivity contribution is 0.188. The van der Waals surface area contributed by atoms with Crippen molar-refractivity contribution in [3.05, 3.63) is 30.3 Å². The number of ether oxygens (including phenoxy) is 1. The zero-order valence-electron chi connectivity index (χ0n) is 9.35. The summed E-state index contributed by atoms with van der Waals surface area (Å²) in [5, 5.41) is 2.62. The quantitative estimate of drug-likeness (QED) is 0.820. The van der Waals surface area contributed by atoms with Crippen LogP contribution in [0.3, 0.4) is 0 Å². The second-order valence-corrected chi connectivity index (χ2v) is 3.84. The van der Waals surface area contributed by atoms with Gasteiger partial charge in [0.05, 0.1) is 6.54 Å². The number of urea groups is 1. The zero-order valence-corrected chi connectivity index (χ0v) is 9.35. The maximum Gasteiger partial charge on any atom is 0.317 e. The van der Waals surface area contributed by atoms with Gasteiger partial charge in [-0.25, -0.2) is 4.79 Å². The van der Waals surface area contributed by atoms with Crippen LogP contribution in [0.25, 0.3) is 0 Å². The summed E-state index contributed by atoms with van der Waals surface area (Å²) >= 11 is 0. The fourth-order valence-electron chi connectivity index (χ4n) is 1.86.